The molecule has 3 heteroatoms. The summed E-state index contributed by atoms with van der Waals surface area (Å²) in [7, 11) is 1.70. The van der Waals surface area contributed by atoms with Crippen LogP contribution in [0.25, 0.3) is 0 Å². The highest BCUT2D eigenvalue weighted by Crippen LogP contribution is 2.41. The molecule has 0 atom stereocenters. The Labute approximate surface area is 105 Å². The summed E-state index contributed by atoms with van der Waals surface area (Å²) in [6.45, 7) is 0. The second-order valence-corrected chi connectivity index (χ2v) is 5.39. The zero-order valence-electron chi connectivity index (χ0n) is 9.63. The van der Waals surface area contributed by atoms with Gasteiger partial charge in [0.1, 0.15) is 5.75 Å². The predicted molar refractivity (Wildman–Crippen MR) is 69.6 cm³/mol. The van der Waals surface area contributed by atoms with E-state index in [0.29, 0.717) is 0 Å². The molecule has 1 aliphatic rings. The van der Waals surface area contributed by atoms with Crippen molar-refractivity contribution in [2.75, 3.05) is 7.11 Å². The molecule has 0 saturated heterocycles. The first-order chi connectivity index (χ1) is 7.67. The van der Waals surface area contributed by atoms with E-state index >= 15 is 0 Å². The molecule has 88 valence electrons. The fourth-order valence-electron chi connectivity index (χ4n) is 2.56. The van der Waals surface area contributed by atoms with E-state index in [1.807, 2.05) is 12.1 Å². The quantitative estimate of drug-likeness (QED) is 0.901. The van der Waals surface area contributed by atoms with Gasteiger partial charge in [-0.1, -0.05) is 31.4 Å². The lowest BCUT2D eigenvalue weighted by molar-refractivity contribution is 0.288. The van der Waals surface area contributed by atoms with Gasteiger partial charge in [0, 0.05) is 11.1 Å². The number of hydrogen-bond acceptors (Lipinski definition) is 2. The molecule has 0 unspecified atom stereocenters. The molecule has 2 rings (SSSR count). The molecule has 16 heavy (non-hydrogen) atoms. The minimum absolute atomic E-state index is 0.201. The molecule has 0 radical (unpaired) electrons. The first-order valence-corrected chi connectivity index (χ1v) is 6.58. The Balaban J connectivity index is 2.41. The summed E-state index contributed by atoms with van der Waals surface area (Å²) in [6, 6.07) is 6.12. The van der Waals surface area contributed by atoms with E-state index < -0.39 is 0 Å². The Kier molecular flexibility index (Phi) is 3.55. The smallest absolute Gasteiger partial charge is 0.138 e. The summed E-state index contributed by atoms with van der Waals surface area (Å²) in [5.41, 5.74) is 7.47. The molecular weight excluding hydrogens is 266 g/mol. The molecule has 0 amide bonds. The van der Waals surface area contributed by atoms with Crippen molar-refractivity contribution in [3.05, 3.63) is 28.2 Å². The van der Waals surface area contributed by atoms with Crippen LogP contribution in [0.15, 0.2) is 22.7 Å². The number of para-hydroxylation sites is 1. The van der Waals surface area contributed by atoms with Crippen LogP contribution in [0.2, 0.25) is 0 Å². The molecule has 1 aromatic carbocycles. The van der Waals surface area contributed by atoms with Gasteiger partial charge in [0.05, 0.1) is 11.6 Å². The molecule has 0 spiro atoms. The SMILES string of the molecule is COc1c(Br)cccc1C1(N)CCCCC1. The third-order valence-electron chi connectivity index (χ3n) is 3.45. The Hall–Kier alpha value is -0.540. The van der Waals surface area contributed by atoms with Crippen LogP contribution in [-0.2, 0) is 5.54 Å². The van der Waals surface area contributed by atoms with Gasteiger partial charge in [0.15, 0.2) is 0 Å². The zero-order chi connectivity index (χ0) is 11.6. The molecule has 2 N–H and O–H groups in total. The van der Waals surface area contributed by atoms with E-state index in [9.17, 15) is 0 Å². The highest BCUT2D eigenvalue weighted by Gasteiger charge is 2.32. The standard InChI is InChI=1S/C13H18BrNO/c1-16-12-10(6-5-7-11(12)14)13(15)8-3-2-4-9-13/h5-7H,2-4,8-9,15H2,1H3. The first-order valence-electron chi connectivity index (χ1n) is 5.79. The third-order valence-corrected chi connectivity index (χ3v) is 4.08. The van der Waals surface area contributed by atoms with Crippen LogP contribution < -0.4 is 10.5 Å². The molecule has 1 aromatic rings. The number of hydrogen-bond donors (Lipinski definition) is 1. The highest BCUT2D eigenvalue weighted by molar-refractivity contribution is 9.10. The van der Waals surface area contributed by atoms with Gasteiger partial charge < -0.3 is 10.5 Å². The van der Waals surface area contributed by atoms with Crippen LogP contribution in [0.5, 0.6) is 5.75 Å². The number of nitrogens with two attached hydrogens (primary N) is 1. The van der Waals surface area contributed by atoms with E-state index in [1.54, 1.807) is 7.11 Å². The molecule has 0 aromatic heterocycles. The summed E-state index contributed by atoms with van der Waals surface area (Å²) in [5.74, 6) is 0.895. The maximum absolute atomic E-state index is 6.52. The molecular formula is C13H18BrNO. The topological polar surface area (TPSA) is 35.2 Å². The fraction of sp³-hybridized carbons (Fsp3) is 0.538. The molecule has 1 fully saturated rings. The Morgan fingerprint density at radius 2 is 1.94 bits per heavy atom. The zero-order valence-corrected chi connectivity index (χ0v) is 11.2. The Morgan fingerprint density at radius 1 is 1.25 bits per heavy atom. The van der Waals surface area contributed by atoms with Crippen molar-refractivity contribution in [2.45, 2.75) is 37.6 Å². The van der Waals surface area contributed by atoms with Crippen molar-refractivity contribution in [1.82, 2.24) is 0 Å². The van der Waals surface area contributed by atoms with Crippen LogP contribution in [0.3, 0.4) is 0 Å². The monoisotopic (exact) mass is 283 g/mol. The van der Waals surface area contributed by atoms with Gasteiger partial charge in [-0.2, -0.15) is 0 Å². The summed E-state index contributed by atoms with van der Waals surface area (Å²) < 4.78 is 6.46. The lowest BCUT2D eigenvalue weighted by atomic mass is 9.77. The van der Waals surface area contributed by atoms with Crippen molar-refractivity contribution in [3.63, 3.8) is 0 Å². The minimum atomic E-state index is -0.201. The summed E-state index contributed by atoms with van der Waals surface area (Å²) >= 11 is 3.52. The van der Waals surface area contributed by atoms with E-state index in [1.165, 1.54) is 19.3 Å². The average molecular weight is 284 g/mol. The van der Waals surface area contributed by atoms with Crippen molar-refractivity contribution in [2.24, 2.45) is 5.73 Å². The molecule has 2 nitrogen and oxygen atoms in total. The Bertz CT molecular complexity index is 372. The van der Waals surface area contributed by atoms with E-state index in [2.05, 4.69) is 22.0 Å². The molecule has 1 aliphatic carbocycles. The fourth-order valence-corrected chi connectivity index (χ4v) is 3.09. The second-order valence-electron chi connectivity index (χ2n) is 4.54. The summed E-state index contributed by atoms with van der Waals surface area (Å²) in [4.78, 5) is 0. The van der Waals surface area contributed by atoms with Gasteiger partial charge in [-0.15, -0.1) is 0 Å². The first kappa shape index (κ1) is 11.9. The van der Waals surface area contributed by atoms with E-state index in [-0.39, 0.29) is 5.54 Å². The number of benzene rings is 1. The third kappa shape index (κ3) is 2.11. The molecule has 0 bridgehead atoms. The number of methoxy groups -OCH3 is 1. The average Bonchev–Trinajstić information content (AvgIpc) is 2.29. The van der Waals surface area contributed by atoms with Crippen LogP contribution in [-0.4, -0.2) is 7.11 Å². The van der Waals surface area contributed by atoms with Gasteiger partial charge in [0.2, 0.25) is 0 Å². The van der Waals surface area contributed by atoms with Gasteiger partial charge in [0.25, 0.3) is 0 Å². The summed E-state index contributed by atoms with van der Waals surface area (Å²) in [5, 5.41) is 0. The van der Waals surface area contributed by atoms with Gasteiger partial charge in [-0.3, -0.25) is 0 Å². The van der Waals surface area contributed by atoms with E-state index in [0.717, 1.165) is 28.6 Å². The van der Waals surface area contributed by atoms with Crippen molar-refractivity contribution < 1.29 is 4.74 Å². The molecule has 1 saturated carbocycles. The van der Waals surface area contributed by atoms with E-state index in [4.69, 9.17) is 10.5 Å². The van der Waals surface area contributed by atoms with Crippen LogP contribution in [0.4, 0.5) is 0 Å². The minimum Gasteiger partial charge on any atom is -0.495 e. The Morgan fingerprint density at radius 3 is 2.56 bits per heavy atom. The number of rotatable bonds is 2. The normalized spacial score (nSPS) is 19.4. The van der Waals surface area contributed by atoms with Crippen LogP contribution in [0.1, 0.15) is 37.7 Å². The summed E-state index contributed by atoms with van der Waals surface area (Å²) in [6.07, 6.45) is 5.84. The molecule has 0 heterocycles. The van der Waals surface area contributed by atoms with Crippen molar-refractivity contribution in [1.29, 1.82) is 0 Å². The maximum atomic E-state index is 6.52. The number of halogens is 1. The van der Waals surface area contributed by atoms with Crippen molar-refractivity contribution in [3.8, 4) is 5.75 Å². The number of ether oxygens (including phenoxy) is 1. The van der Waals surface area contributed by atoms with Gasteiger partial charge in [-0.05, 0) is 34.8 Å². The lowest BCUT2D eigenvalue weighted by Gasteiger charge is -2.35. The second kappa shape index (κ2) is 4.76. The lowest BCUT2D eigenvalue weighted by Crippen LogP contribution is -2.38. The maximum Gasteiger partial charge on any atom is 0.138 e. The largest absolute Gasteiger partial charge is 0.495 e. The predicted octanol–water partition coefficient (Wildman–Crippen LogP) is 3.58. The van der Waals surface area contributed by atoms with Crippen LogP contribution >= 0.6 is 15.9 Å². The van der Waals surface area contributed by atoms with Gasteiger partial charge >= 0.3 is 0 Å². The van der Waals surface area contributed by atoms with Gasteiger partial charge in [-0.25, -0.2) is 0 Å². The van der Waals surface area contributed by atoms with Crippen LogP contribution in [0, 0.1) is 0 Å². The highest BCUT2D eigenvalue weighted by atomic mass is 79.9. The molecule has 0 aliphatic heterocycles. The van der Waals surface area contributed by atoms with Crippen molar-refractivity contribution >= 4 is 15.9 Å².